The summed E-state index contributed by atoms with van der Waals surface area (Å²) in [4.78, 5) is 11.9. The highest BCUT2D eigenvalue weighted by Gasteiger charge is 2.31. The maximum atomic E-state index is 13.1. The van der Waals surface area contributed by atoms with Crippen LogP contribution in [-0.2, 0) is 22.3 Å². The Morgan fingerprint density at radius 1 is 1.19 bits per heavy atom. The van der Waals surface area contributed by atoms with Crippen molar-refractivity contribution in [2.24, 2.45) is 0 Å². The Morgan fingerprint density at radius 3 is 2.48 bits per heavy atom. The third-order valence-electron chi connectivity index (χ3n) is 4.46. The number of ether oxygens (including phenoxy) is 1. The first kappa shape index (κ1) is 21.0. The topological polar surface area (TPSA) is 38.3 Å². The normalized spacial score (nSPS) is 12.7. The monoisotopic (exact) mass is 379 g/mol. The van der Waals surface area contributed by atoms with Crippen molar-refractivity contribution in [3.8, 4) is 11.1 Å². The van der Waals surface area contributed by atoms with Crippen molar-refractivity contribution in [3.63, 3.8) is 0 Å². The first-order valence-corrected chi connectivity index (χ1v) is 8.78. The minimum absolute atomic E-state index is 0.325. The number of esters is 1. The van der Waals surface area contributed by atoms with Crippen molar-refractivity contribution >= 4 is 5.97 Å². The average Bonchev–Trinajstić information content (AvgIpc) is 2.63. The van der Waals surface area contributed by atoms with Crippen molar-refractivity contribution in [2.45, 2.75) is 39.4 Å². The van der Waals surface area contributed by atoms with Gasteiger partial charge in [-0.05, 0) is 54.8 Å². The zero-order valence-corrected chi connectivity index (χ0v) is 15.9. The maximum Gasteiger partial charge on any atom is 0.416 e. The lowest BCUT2D eigenvalue weighted by Gasteiger charge is -2.17. The van der Waals surface area contributed by atoms with Gasteiger partial charge in [-0.2, -0.15) is 13.2 Å². The standard InChI is InChI=1S/C21H24F3NO2/c1-5-25-12-17-11-18(21(22,23)24)6-7-19(17)16-9-13(2)8-15(10-16)14(3)20(26)27-4/h6-11,14,25H,5,12H2,1-4H3/t14-/m0/s1. The predicted molar refractivity (Wildman–Crippen MR) is 99.4 cm³/mol. The Balaban J connectivity index is 2.56. The lowest BCUT2D eigenvalue weighted by Crippen LogP contribution is -2.14. The van der Waals surface area contributed by atoms with E-state index in [0.29, 0.717) is 24.2 Å². The summed E-state index contributed by atoms with van der Waals surface area (Å²) < 4.78 is 44.2. The van der Waals surface area contributed by atoms with Crippen LogP contribution in [0, 0.1) is 6.92 Å². The van der Waals surface area contributed by atoms with Crippen LogP contribution >= 0.6 is 0 Å². The summed E-state index contributed by atoms with van der Waals surface area (Å²) in [6, 6.07) is 9.41. The van der Waals surface area contributed by atoms with E-state index in [1.807, 2.05) is 32.0 Å². The first-order valence-electron chi connectivity index (χ1n) is 8.78. The molecule has 0 saturated carbocycles. The zero-order chi connectivity index (χ0) is 20.2. The molecule has 146 valence electrons. The molecule has 2 aromatic carbocycles. The van der Waals surface area contributed by atoms with E-state index < -0.39 is 17.7 Å². The van der Waals surface area contributed by atoms with Crippen molar-refractivity contribution < 1.29 is 22.7 Å². The summed E-state index contributed by atoms with van der Waals surface area (Å²) in [5.74, 6) is -0.813. The molecule has 6 heteroatoms. The molecule has 2 rings (SSSR count). The van der Waals surface area contributed by atoms with Gasteiger partial charge in [0.1, 0.15) is 0 Å². The van der Waals surface area contributed by atoms with Gasteiger partial charge in [0.25, 0.3) is 0 Å². The molecule has 1 atom stereocenters. The van der Waals surface area contributed by atoms with Gasteiger partial charge in [0, 0.05) is 6.54 Å². The van der Waals surface area contributed by atoms with E-state index in [1.54, 1.807) is 6.92 Å². The summed E-state index contributed by atoms with van der Waals surface area (Å²) in [6.07, 6.45) is -4.39. The molecule has 0 aliphatic rings. The number of hydrogen-bond acceptors (Lipinski definition) is 3. The molecule has 0 aliphatic heterocycles. The Hall–Kier alpha value is -2.34. The number of nitrogens with one attached hydrogen (secondary N) is 1. The highest BCUT2D eigenvalue weighted by Crippen LogP contribution is 2.35. The van der Waals surface area contributed by atoms with E-state index in [0.717, 1.165) is 22.8 Å². The van der Waals surface area contributed by atoms with Crippen LogP contribution in [0.2, 0.25) is 0 Å². The Morgan fingerprint density at radius 2 is 1.89 bits per heavy atom. The van der Waals surface area contributed by atoms with Crippen molar-refractivity contribution in [2.75, 3.05) is 13.7 Å². The summed E-state index contributed by atoms with van der Waals surface area (Å²) in [6.45, 7) is 6.51. The predicted octanol–water partition coefficient (Wildman–Crippen LogP) is 5.07. The van der Waals surface area contributed by atoms with E-state index >= 15 is 0 Å². The fourth-order valence-corrected chi connectivity index (χ4v) is 2.99. The van der Waals surface area contributed by atoms with E-state index in [9.17, 15) is 18.0 Å². The Bertz CT molecular complexity index is 816. The zero-order valence-electron chi connectivity index (χ0n) is 15.9. The molecule has 0 fully saturated rings. The number of aryl methyl sites for hydroxylation is 1. The molecule has 0 radical (unpaired) electrons. The quantitative estimate of drug-likeness (QED) is 0.713. The number of alkyl halides is 3. The van der Waals surface area contributed by atoms with Gasteiger partial charge in [0.15, 0.2) is 0 Å². The smallest absolute Gasteiger partial charge is 0.416 e. The minimum atomic E-state index is -4.39. The van der Waals surface area contributed by atoms with Crippen LogP contribution in [-0.4, -0.2) is 19.6 Å². The molecule has 1 N–H and O–H groups in total. The lowest BCUT2D eigenvalue weighted by molar-refractivity contribution is -0.142. The number of carbonyl (C=O) groups is 1. The van der Waals surface area contributed by atoms with Crippen LogP contribution < -0.4 is 5.32 Å². The number of halogens is 3. The van der Waals surface area contributed by atoms with E-state index in [2.05, 4.69) is 5.32 Å². The summed E-state index contributed by atoms with van der Waals surface area (Å²) in [7, 11) is 1.33. The second-order valence-electron chi connectivity index (χ2n) is 6.53. The van der Waals surface area contributed by atoms with Gasteiger partial charge in [-0.25, -0.2) is 0 Å². The third kappa shape index (κ3) is 5.10. The van der Waals surface area contributed by atoms with Gasteiger partial charge in [-0.1, -0.05) is 36.8 Å². The SMILES string of the molecule is CCNCc1cc(C(F)(F)F)ccc1-c1cc(C)cc([C@H](C)C(=O)OC)c1. The Labute approximate surface area is 157 Å². The average molecular weight is 379 g/mol. The molecule has 0 unspecified atom stereocenters. The lowest BCUT2D eigenvalue weighted by atomic mass is 9.91. The van der Waals surface area contributed by atoms with Gasteiger partial charge in [-0.3, -0.25) is 4.79 Å². The van der Waals surface area contributed by atoms with Gasteiger partial charge in [-0.15, -0.1) is 0 Å². The fraction of sp³-hybridized carbons (Fsp3) is 0.381. The van der Waals surface area contributed by atoms with Gasteiger partial charge < -0.3 is 10.1 Å². The molecule has 0 spiro atoms. The molecule has 0 heterocycles. The number of rotatable bonds is 6. The molecule has 0 bridgehead atoms. The van der Waals surface area contributed by atoms with Crippen molar-refractivity contribution in [1.29, 1.82) is 0 Å². The second kappa shape index (κ2) is 8.57. The van der Waals surface area contributed by atoms with Crippen LogP contribution in [0.5, 0.6) is 0 Å². The molecule has 2 aromatic rings. The van der Waals surface area contributed by atoms with Gasteiger partial charge in [0.05, 0.1) is 18.6 Å². The van der Waals surface area contributed by atoms with Gasteiger partial charge >= 0.3 is 12.1 Å². The fourth-order valence-electron chi connectivity index (χ4n) is 2.99. The highest BCUT2D eigenvalue weighted by atomic mass is 19.4. The number of benzene rings is 2. The van der Waals surface area contributed by atoms with Crippen LogP contribution in [0.15, 0.2) is 36.4 Å². The van der Waals surface area contributed by atoms with Crippen LogP contribution in [0.1, 0.15) is 42.0 Å². The van der Waals surface area contributed by atoms with Crippen LogP contribution in [0.25, 0.3) is 11.1 Å². The Kier molecular flexibility index (Phi) is 6.65. The maximum absolute atomic E-state index is 13.1. The minimum Gasteiger partial charge on any atom is -0.469 e. The van der Waals surface area contributed by atoms with E-state index in [-0.39, 0.29) is 5.97 Å². The largest absolute Gasteiger partial charge is 0.469 e. The number of methoxy groups -OCH3 is 1. The van der Waals surface area contributed by atoms with E-state index in [4.69, 9.17) is 4.74 Å². The molecule has 27 heavy (non-hydrogen) atoms. The van der Waals surface area contributed by atoms with Crippen LogP contribution in [0.3, 0.4) is 0 Å². The highest BCUT2D eigenvalue weighted by molar-refractivity contribution is 5.79. The van der Waals surface area contributed by atoms with Crippen molar-refractivity contribution in [3.05, 3.63) is 58.7 Å². The summed E-state index contributed by atoms with van der Waals surface area (Å²) in [5, 5.41) is 3.09. The molecule has 0 amide bonds. The molecular weight excluding hydrogens is 355 g/mol. The number of hydrogen-bond donors (Lipinski definition) is 1. The molecular formula is C21H24F3NO2. The molecule has 0 aromatic heterocycles. The number of carbonyl (C=O) groups excluding carboxylic acids is 1. The summed E-state index contributed by atoms with van der Waals surface area (Å²) >= 11 is 0. The molecule has 3 nitrogen and oxygen atoms in total. The molecule has 0 saturated heterocycles. The first-order chi connectivity index (χ1) is 12.7. The van der Waals surface area contributed by atoms with Gasteiger partial charge in [0.2, 0.25) is 0 Å². The summed E-state index contributed by atoms with van der Waals surface area (Å²) in [5.41, 5.74) is 3.08. The third-order valence-corrected chi connectivity index (χ3v) is 4.46. The molecule has 0 aliphatic carbocycles. The van der Waals surface area contributed by atoms with Crippen LogP contribution in [0.4, 0.5) is 13.2 Å². The van der Waals surface area contributed by atoms with Crippen molar-refractivity contribution in [1.82, 2.24) is 5.32 Å². The second-order valence-corrected chi connectivity index (χ2v) is 6.53. The van der Waals surface area contributed by atoms with E-state index in [1.165, 1.54) is 19.2 Å².